The SMILES string of the molecule is CN(Cc1cccc(N(C)C)c1)Cc1ncc[nH]1. The summed E-state index contributed by atoms with van der Waals surface area (Å²) in [5.74, 6) is 1.00. The van der Waals surface area contributed by atoms with Crippen LogP contribution in [0.25, 0.3) is 0 Å². The van der Waals surface area contributed by atoms with E-state index < -0.39 is 0 Å². The third-order valence-electron chi connectivity index (χ3n) is 2.85. The van der Waals surface area contributed by atoms with Crippen molar-refractivity contribution in [3.8, 4) is 0 Å². The Balaban J connectivity index is 1.98. The zero-order chi connectivity index (χ0) is 13.0. The highest BCUT2D eigenvalue weighted by atomic mass is 15.1. The molecule has 2 aromatic rings. The number of imidazole rings is 1. The smallest absolute Gasteiger partial charge is 0.120 e. The van der Waals surface area contributed by atoms with Crippen LogP contribution in [-0.4, -0.2) is 36.0 Å². The molecule has 0 amide bonds. The Morgan fingerprint density at radius 1 is 1.17 bits per heavy atom. The Kier molecular flexibility index (Phi) is 3.99. The number of rotatable bonds is 5. The maximum absolute atomic E-state index is 4.24. The average molecular weight is 244 g/mol. The van der Waals surface area contributed by atoms with E-state index in [2.05, 4.69) is 65.2 Å². The fourth-order valence-electron chi connectivity index (χ4n) is 1.94. The Morgan fingerprint density at radius 2 is 2.00 bits per heavy atom. The largest absolute Gasteiger partial charge is 0.378 e. The van der Waals surface area contributed by atoms with E-state index in [0.717, 1.165) is 18.9 Å². The number of hydrogen-bond donors (Lipinski definition) is 1. The van der Waals surface area contributed by atoms with Crippen LogP contribution < -0.4 is 4.90 Å². The molecule has 0 unspecified atom stereocenters. The van der Waals surface area contributed by atoms with Gasteiger partial charge in [-0.2, -0.15) is 0 Å². The number of benzene rings is 1. The summed E-state index contributed by atoms with van der Waals surface area (Å²) in [4.78, 5) is 11.7. The molecule has 1 aromatic heterocycles. The fourth-order valence-corrected chi connectivity index (χ4v) is 1.94. The number of aromatic amines is 1. The quantitative estimate of drug-likeness (QED) is 0.875. The van der Waals surface area contributed by atoms with Crippen molar-refractivity contribution in [2.24, 2.45) is 0 Å². The first-order valence-electron chi connectivity index (χ1n) is 6.08. The predicted molar refractivity (Wildman–Crippen MR) is 74.5 cm³/mol. The molecule has 0 radical (unpaired) electrons. The number of aromatic nitrogens is 2. The molecule has 1 heterocycles. The number of nitrogens with zero attached hydrogens (tertiary/aromatic N) is 3. The lowest BCUT2D eigenvalue weighted by molar-refractivity contribution is 0.311. The summed E-state index contributed by atoms with van der Waals surface area (Å²) < 4.78 is 0. The van der Waals surface area contributed by atoms with Gasteiger partial charge in [-0.15, -0.1) is 0 Å². The van der Waals surface area contributed by atoms with Gasteiger partial charge in [-0.3, -0.25) is 4.90 Å². The van der Waals surface area contributed by atoms with Crippen molar-refractivity contribution in [1.29, 1.82) is 0 Å². The number of hydrogen-bond acceptors (Lipinski definition) is 3. The highest BCUT2D eigenvalue weighted by molar-refractivity contribution is 5.47. The van der Waals surface area contributed by atoms with Crippen molar-refractivity contribution < 1.29 is 0 Å². The van der Waals surface area contributed by atoms with Gasteiger partial charge in [-0.1, -0.05) is 12.1 Å². The molecular weight excluding hydrogens is 224 g/mol. The van der Waals surface area contributed by atoms with Gasteiger partial charge >= 0.3 is 0 Å². The van der Waals surface area contributed by atoms with Crippen LogP contribution in [0, 0.1) is 0 Å². The third kappa shape index (κ3) is 3.34. The highest BCUT2D eigenvalue weighted by Crippen LogP contribution is 2.15. The lowest BCUT2D eigenvalue weighted by atomic mass is 10.2. The van der Waals surface area contributed by atoms with Gasteiger partial charge in [-0.05, 0) is 24.7 Å². The normalized spacial score (nSPS) is 10.9. The number of H-pyrrole nitrogens is 1. The van der Waals surface area contributed by atoms with Crippen LogP contribution >= 0.6 is 0 Å². The molecule has 4 heteroatoms. The summed E-state index contributed by atoms with van der Waals surface area (Å²) in [6.45, 7) is 1.75. The van der Waals surface area contributed by atoms with Crippen LogP contribution in [0.5, 0.6) is 0 Å². The summed E-state index contributed by atoms with van der Waals surface area (Å²) in [5.41, 5.74) is 2.55. The molecule has 0 bridgehead atoms. The molecule has 0 aliphatic rings. The fraction of sp³-hybridized carbons (Fsp3) is 0.357. The Hall–Kier alpha value is -1.81. The van der Waals surface area contributed by atoms with Crippen molar-refractivity contribution in [3.63, 3.8) is 0 Å². The average Bonchev–Trinajstić information content (AvgIpc) is 2.82. The molecule has 0 saturated carbocycles. The monoisotopic (exact) mass is 244 g/mol. The molecule has 4 nitrogen and oxygen atoms in total. The van der Waals surface area contributed by atoms with Crippen molar-refractivity contribution >= 4 is 5.69 Å². The van der Waals surface area contributed by atoms with E-state index in [1.165, 1.54) is 11.3 Å². The molecule has 0 aliphatic carbocycles. The van der Waals surface area contributed by atoms with E-state index in [1.54, 1.807) is 6.20 Å². The maximum Gasteiger partial charge on any atom is 0.120 e. The standard InChI is InChI=1S/C14H20N4/c1-17(2)13-6-4-5-12(9-13)10-18(3)11-14-15-7-8-16-14/h4-9H,10-11H2,1-3H3,(H,15,16). The van der Waals surface area contributed by atoms with Gasteiger partial charge in [-0.25, -0.2) is 4.98 Å². The van der Waals surface area contributed by atoms with Gasteiger partial charge in [0.05, 0.1) is 6.54 Å². The van der Waals surface area contributed by atoms with E-state index in [-0.39, 0.29) is 0 Å². The minimum Gasteiger partial charge on any atom is -0.378 e. The lowest BCUT2D eigenvalue weighted by Gasteiger charge is -2.18. The van der Waals surface area contributed by atoms with E-state index in [4.69, 9.17) is 0 Å². The summed E-state index contributed by atoms with van der Waals surface area (Å²) in [7, 11) is 6.22. The Morgan fingerprint density at radius 3 is 2.67 bits per heavy atom. The lowest BCUT2D eigenvalue weighted by Crippen LogP contribution is -2.18. The molecule has 1 N–H and O–H groups in total. The zero-order valence-electron chi connectivity index (χ0n) is 11.2. The number of anilines is 1. The van der Waals surface area contributed by atoms with Crippen LogP contribution in [0.1, 0.15) is 11.4 Å². The van der Waals surface area contributed by atoms with Crippen LogP contribution in [-0.2, 0) is 13.1 Å². The zero-order valence-corrected chi connectivity index (χ0v) is 11.2. The molecule has 18 heavy (non-hydrogen) atoms. The highest BCUT2D eigenvalue weighted by Gasteiger charge is 2.04. The Labute approximate surface area is 108 Å². The van der Waals surface area contributed by atoms with Crippen LogP contribution in [0.4, 0.5) is 5.69 Å². The first-order chi connectivity index (χ1) is 8.65. The molecule has 2 rings (SSSR count). The van der Waals surface area contributed by atoms with Crippen molar-refractivity contribution in [1.82, 2.24) is 14.9 Å². The second kappa shape index (κ2) is 5.69. The van der Waals surface area contributed by atoms with E-state index >= 15 is 0 Å². The minimum atomic E-state index is 0.833. The Bertz CT molecular complexity index is 476. The molecule has 96 valence electrons. The van der Waals surface area contributed by atoms with Crippen molar-refractivity contribution in [3.05, 3.63) is 48.0 Å². The molecule has 1 aromatic carbocycles. The van der Waals surface area contributed by atoms with E-state index in [1.807, 2.05) is 6.20 Å². The van der Waals surface area contributed by atoms with E-state index in [0.29, 0.717) is 0 Å². The van der Waals surface area contributed by atoms with Gasteiger partial charge in [0.25, 0.3) is 0 Å². The molecule has 0 fully saturated rings. The summed E-state index contributed by atoms with van der Waals surface area (Å²) in [6, 6.07) is 8.60. The van der Waals surface area contributed by atoms with Gasteiger partial charge in [0.1, 0.15) is 5.82 Å². The minimum absolute atomic E-state index is 0.833. The first-order valence-corrected chi connectivity index (χ1v) is 6.08. The van der Waals surface area contributed by atoms with Gasteiger partial charge in [0.15, 0.2) is 0 Å². The molecular formula is C14H20N4. The van der Waals surface area contributed by atoms with Crippen LogP contribution in [0.2, 0.25) is 0 Å². The first kappa shape index (κ1) is 12.6. The second-order valence-corrected chi connectivity index (χ2v) is 4.77. The molecule has 0 saturated heterocycles. The molecule has 0 spiro atoms. The maximum atomic E-state index is 4.24. The summed E-state index contributed by atoms with van der Waals surface area (Å²) >= 11 is 0. The summed E-state index contributed by atoms with van der Waals surface area (Å²) in [5, 5.41) is 0. The molecule has 0 aliphatic heterocycles. The topological polar surface area (TPSA) is 35.2 Å². The summed E-state index contributed by atoms with van der Waals surface area (Å²) in [6.07, 6.45) is 3.64. The van der Waals surface area contributed by atoms with Crippen LogP contribution in [0.3, 0.4) is 0 Å². The predicted octanol–water partition coefficient (Wildman–Crippen LogP) is 2.11. The second-order valence-electron chi connectivity index (χ2n) is 4.77. The molecule has 0 atom stereocenters. The van der Waals surface area contributed by atoms with E-state index in [9.17, 15) is 0 Å². The third-order valence-corrected chi connectivity index (χ3v) is 2.85. The van der Waals surface area contributed by atoms with Crippen molar-refractivity contribution in [2.45, 2.75) is 13.1 Å². The van der Waals surface area contributed by atoms with Gasteiger partial charge in [0.2, 0.25) is 0 Å². The number of nitrogens with one attached hydrogen (secondary N) is 1. The van der Waals surface area contributed by atoms with Gasteiger partial charge < -0.3 is 9.88 Å². The van der Waals surface area contributed by atoms with Crippen LogP contribution in [0.15, 0.2) is 36.7 Å². The van der Waals surface area contributed by atoms with Crippen molar-refractivity contribution in [2.75, 3.05) is 26.0 Å². The van der Waals surface area contributed by atoms with Gasteiger partial charge in [0, 0.05) is 38.7 Å².